The van der Waals surface area contributed by atoms with Crippen molar-refractivity contribution in [3.63, 3.8) is 0 Å². The van der Waals surface area contributed by atoms with Gasteiger partial charge in [-0.2, -0.15) is 5.26 Å². The number of anilines is 1. The maximum Gasteiger partial charge on any atom is 0.147 e. The third-order valence-electron chi connectivity index (χ3n) is 4.65. The fraction of sp³-hybridized carbons (Fsp3) is 0.438. The van der Waals surface area contributed by atoms with Crippen LogP contribution < -0.4 is 4.90 Å². The van der Waals surface area contributed by atoms with E-state index < -0.39 is 0 Å². The van der Waals surface area contributed by atoms with E-state index in [1.54, 1.807) is 12.1 Å². The molecule has 2 aliphatic heterocycles. The third-order valence-corrected chi connectivity index (χ3v) is 4.65. The van der Waals surface area contributed by atoms with Gasteiger partial charge in [0.2, 0.25) is 0 Å². The lowest BCUT2D eigenvalue weighted by molar-refractivity contribution is 0.387. The van der Waals surface area contributed by atoms with Gasteiger partial charge >= 0.3 is 0 Å². The van der Waals surface area contributed by atoms with Crippen molar-refractivity contribution in [1.82, 2.24) is 14.9 Å². The minimum Gasteiger partial charge on any atom is -0.355 e. The summed E-state index contributed by atoms with van der Waals surface area (Å²) in [5.74, 6) is 2.48. The molecule has 1 aromatic carbocycles. The summed E-state index contributed by atoms with van der Waals surface area (Å²) in [6.45, 7) is 4.53. The molecule has 106 valence electrons. The Kier molecular flexibility index (Phi) is 2.79. The fourth-order valence-electron chi connectivity index (χ4n) is 3.64. The molecule has 0 unspecified atom stereocenters. The molecule has 2 aliphatic rings. The molecule has 0 N–H and O–H groups in total. The van der Waals surface area contributed by atoms with Crippen molar-refractivity contribution in [1.29, 1.82) is 5.26 Å². The Bertz CT molecular complexity index is 721. The number of likely N-dealkylation sites (tertiary alicyclic amines) is 1. The summed E-state index contributed by atoms with van der Waals surface area (Å²) in [7, 11) is 2.20. The molecule has 0 spiro atoms. The second-order valence-electron chi connectivity index (χ2n) is 6.19. The molecule has 0 bridgehead atoms. The number of aromatic nitrogens is 2. The van der Waals surface area contributed by atoms with Gasteiger partial charge in [0.05, 0.1) is 28.9 Å². The van der Waals surface area contributed by atoms with E-state index in [1.165, 1.54) is 13.1 Å². The van der Waals surface area contributed by atoms with Crippen LogP contribution in [0.3, 0.4) is 0 Å². The summed E-state index contributed by atoms with van der Waals surface area (Å²) in [6.07, 6.45) is 1.84. The highest BCUT2D eigenvalue weighted by Crippen LogP contribution is 2.32. The molecule has 21 heavy (non-hydrogen) atoms. The molecular weight excluding hydrogens is 262 g/mol. The maximum atomic E-state index is 8.93. The topological polar surface area (TPSA) is 56.0 Å². The van der Waals surface area contributed by atoms with Crippen LogP contribution in [0.25, 0.3) is 11.0 Å². The van der Waals surface area contributed by atoms with Crippen LogP contribution in [0.1, 0.15) is 5.56 Å². The van der Waals surface area contributed by atoms with Crippen molar-refractivity contribution in [3.8, 4) is 6.07 Å². The Morgan fingerprint density at radius 1 is 1.14 bits per heavy atom. The van der Waals surface area contributed by atoms with Gasteiger partial charge in [0.25, 0.3) is 0 Å². The molecule has 4 rings (SSSR count). The summed E-state index contributed by atoms with van der Waals surface area (Å²) in [4.78, 5) is 14.0. The molecule has 0 amide bonds. The van der Waals surface area contributed by atoms with Crippen LogP contribution in [0, 0.1) is 23.2 Å². The highest BCUT2D eigenvalue weighted by molar-refractivity contribution is 5.77. The molecule has 3 heterocycles. The Morgan fingerprint density at radius 3 is 2.62 bits per heavy atom. The van der Waals surface area contributed by atoms with Crippen LogP contribution in [0.2, 0.25) is 0 Å². The van der Waals surface area contributed by atoms with E-state index in [0.29, 0.717) is 5.56 Å². The van der Waals surface area contributed by atoms with Gasteiger partial charge in [-0.05, 0) is 37.1 Å². The second kappa shape index (κ2) is 4.68. The molecule has 5 nitrogen and oxygen atoms in total. The van der Waals surface area contributed by atoms with Crippen molar-refractivity contribution in [2.75, 3.05) is 38.1 Å². The number of nitriles is 1. The number of hydrogen-bond donors (Lipinski definition) is 0. The van der Waals surface area contributed by atoms with Crippen LogP contribution >= 0.6 is 0 Å². The zero-order valence-corrected chi connectivity index (χ0v) is 12.0. The lowest BCUT2D eigenvalue weighted by Gasteiger charge is -2.20. The Balaban J connectivity index is 1.62. The van der Waals surface area contributed by atoms with Crippen LogP contribution in [0.4, 0.5) is 5.82 Å². The largest absolute Gasteiger partial charge is 0.355 e. The molecule has 0 saturated carbocycles. The van der Waals surface area contributed by atoms with Gasteiger partial charge in [0.15, 0.2) is 0 Å². The van der Waals surface area contributed by atoms with Crippen LogP contribution in [0.5, 0.6) is 0 Å². The molecule has 2 fully saturated rings. The van der Waals surface area contributed by atoms with Gasteiger partial charge < -0.3 is 9.80 Å². The molecular formula is C16H17N5. The highest BCUT2D eigenvalue weighted by Gasteiger charge is 2.39. The molecule has 0 radical (unpaired) electrons. The Labute approximate surface area is 123 Å². The predicted molar refractivity (Wildman–Crippen MR) is 80.9 cm³/mol. The fourth-order valence-corrected chi connectivity index (χ4v) is 3.64. The smallest absolute Gasteiger partial charge is 0.147 e. The predicted octanol–water partition coefficient (Wildman–Crippen LogP) is 1.50. The summed E-state index contributed by atoms with van der Waals surface area (Å²) < 4.78 is 0. The lowest BCUT2D eigenvalue weighted by Crippen LogP contribution is -2.27. The average molecular weight is 279 g/mol. The van der Waals surface area contributed by atoms with Crippen molar-refractivity contribution in [2.45, 2.75) is 0 Å². The van der Waals surface area contributed by atoms with Gasteiger partial charge in [-0.3, -0.25) is 4.98 Å². The number of rotatable bonds is 1. The van der Waals surface area contributed by atoms with E-state index >= 15 is 0 Å². The lowest BCUT2D eigenvalue weighted by atomic mass is 10.0. The summed E-state index contributed by atoms with van der Waals surface area (Å²) >= 11 is 0. The van der Waals surface area contributed by atoms with E-state index in [0.717, 1.165) is 41.8 Å². The minimum atomic E-state index is 0.628. The van der Waals surface area contributed by atoms with E-state index in [2.05, 4.69) is 27.9 Å². The van der Waals surface area contributed by atoms with E-state index in [-0.39, 0.29) is 0 Å². The zero-order chi connectivity index (χ0) is 14.4. The average Bonchev–Trinajstić information content (AvgIpc) is 3.03. The third kappa shape index (κ3) is 2.12. The summed E-state index contributed by atoms with van der Waals surface area (Å²) in [5.41, 5.74) is 2.28. The number of hydrogen-bond acceptors (Lipinski definition) is 5. The second-order valence-corrected chi connectivity index (χ2v) is 6.19. The van der Waals surface area contributed by atoms with Gasteiger partial charge in [0.1, 0.15) is 5.82 Å². The number of nitrogens with zero attached hydrogens (tertiary/aromatic N) is 5. The van der Waals surface area contributed by atoms with Crippen molar-refractivity contribution >= 4 is 16.9 Å². The van der Waals surface area contributed by atoms with E-state index in [1.807, 2.05) is 12.3 Å². The first-order chi connectivity index (χ1) is 10.2. The first-order valence-electron chi connectivity index (χ1n) is 7.33. The standard InChI is InChI=1S/C16H17N5/c1-20-7-12-9-21(10-13(12)8-20)16-6-18-15-4-11(5-17)2-3-14(15)19-16/h2-4,6,12-13H,7-10H2,1H3/t12-,13+. The summed E-state index contributed by atoms with van der Waals surface area (Å²) in [5, 5.41) is 8.93. The zero-order valence-electron chi connectivity index (χ0n) is 12.0. The van der Waals surface area contributed by atoms with Gasteiger partial charge in [-0.15, -0.1) is 0 Å². The van der Waals surface area contributed by atoms with Gasteiger partial charge in [-0.25, -0.2) is 4.98 Å². The summed E-state index contributed by atoms with van der Waals surface area (Å²) in [6, 6.07) is 7.61. The van der Waals surface area contributed by atoms with Crippen molar-refractivity contribution in [3.05, 3.63) is 30.0 Å². The van der Waals surface area contributed by atoms with Crippen LogP contribution in [0.15, 0.2) is 24.4 Å². The SMILES string of the molecule is CN1C[C@@H]2CN(c3cnc4cc(C#N)ccc4n3)C[C@@H]2C1. The normalized spacial score (nSPS) is 25.2. The van der Waals surface area contributed by atoms with Gasteiger partial charge in [0, 0.05) is 26.2 Å². The van der Waals surface area contributed by atoms with Crippen molar-refractivity contribution < 1.29 is 0 Å². The van der Waals surface area contributed by atoms with Gasteiger partial charge in [-0.1, -0.05) is 0 Å². The highest BCUT2D eigenvalue weighted by atomic mass is 15.3. The van der Waals surface area contributed by atoms with Crippen LogP contribution in [-0.2, 0) is 0 Å². The minimum absolute atomic E-state index is 0.628. The first-order valence-corrected chi connectivity index (χ1v) is 7.33. The molecule has 2 aromatic rings. The van der Waals surface area contributed by atoms with E-state index in [4.69, 9.17) is 10.2 Å². The molecule has 0 aliphatic carbocycles. The molecule has 1 aromatic heterocycles. The molecule has 5 heteroatoms. The number of fused-ring (bicyclic) bond motifs is 2. The maximum absolute atomic E-state index is 8.93. The Morgan fingerprint density at radius 2 is 1.90 bits per heavy atom. The van der Waals surface area contributed by atoms with Crippen LogP contribution in [-0.4, -0.2) is 48.1 Å². The molecule has 2 atom stereocenters. The van der Waals surface area contributed by atoms with E-state index in [9.17, 15) is 0 Å². The monoisotopic (exact) mass is 279 g/mol. The Hall–Kier alpha value is -2.19. The quantitative estimate of drug-likeness (QED) is 0.792. The number of benzene rings is 1. The first kappa shape index (κ1) is 12.5. The van der Waals surface area contributed by atoms with Crippen molar-refractivity contribution in [2.24, 2.45) is 11.8 Å². The molecule has 2 saturated heterocycles.